The van der Waals surface area contributed by atoms with Gasteiger partial charge in [-0.3, -0.25) is 19.2 Å². The second-order valence-corrected chi connectivity index (χ2v) is 7.23. The minimum Gasteiger partial charge on any atom is -0.478 e. The number of benzene rings is 1. The highest BCUT2D eigenvalue weighted by atomic mass is 35.5. The molecule has 8 heteroatoms. The molecule has 1 aromatic heterocycles. The summed E-state index contributed by atoms with van der Waals surface area (Å²) in [5.41, 5.74) is 0.126. The van der Waals surface area contributed by atoms with Gasteiger partial charge in [-0.2, -0.15) is 0 Å². The zero-order valence-electron chi connectivity index (χ0n) is 15.4. The molecular formula is C20H19ClFN3O3. The molecule has 0 bridgehead atoms. The number of hydrogen-bond donors (Lipinski definition) is 0. The first-order valence-corrected chi connectivity index (χ1v) is 9.60. The topological polar surface area (TPSA) is 56.5 Å². The van der Waals surface area contributed by atoms with Crippen molar-refractivity contribution in [1.29, 1.82) is 0 Å². The smallest absolute Gasteiger partial charge is 0.276 e. The molecule has 2 aromatic rings. The summed E-state index contributed by atoms with van der Waals surface area (Å²) in [4.78, 5) is 26.9. The number of carbonyl (C=O) groups excluding carboxylic acids is 1. The summed E-state index contributed by atoms with van der Waals surface area (Å²) in [6.07, 6.45) is 6.90. The van der Waals surface area contributed by atoms with Gasteiger partial charge in [-0.05, 0) is 25.3 Å². The number of amides is 1. The normalized spacial score (nSPS) is 18.3. The van der Waals surface area contributed by atoms with Gasteiger partial charge in [0.05, 0.1) is 17.8 Å². The Morgan fingerprint density at radius 1 is 1.29 bits per heavy atom. The van der Waals surface area contributed by atoms with Gasteiger partial charge in [-0.15, -0.1) is 6.42 Å². The fourth-order valence-electron chi connectivity index (χ4n) is 3.80. The van der Waals surface area contributed by atoms with E-state index < -0.39 is 11.9 Å². The van der Waals surface area contributed by atoms with Crippen LogP contribution in [0.15, 0.2) is 16.9 Å². The molecule has 1 unspecified atom stereocenters. The van der Waals surface area contributed by atoms with E-state index in [-0.39, 0.29) is 40.0 Å². The summed E-state index contributed by atoms with van der Waals surface area (Å²) in [6.45, 7) is 2.96. The lowest BCUT2D eigenvalue weighted by atomic mass is 10.0. The Hall–Kier alpha value is -2.72. The summed E-state index contributed by atoms with van der Waals surface area (Å²) in [5, 5.41) is 0.196. The van der Waals surface area contributed by atoms with E-state index in [1.807, 2.05) is 0 Å². The predicted octanol–water partition coefficient (Wildman–Crippen LogP) is 3.04. The van der Waals surface area contributed by atoms with Gasteiger partial charge in [0.1, 0.15) is 16.7 Å². The highest BCUT2D eigenvalue weighted by Gasteiger charge is 2.35. The number of halogens is 2. The maximum atomic E-state index is 15.0. The second kappa shape index (κ2) is 7.02. The first-order chi connectivity index (χ1) is 13.5. The number of hydrogen-bond acceptors (Lipinski definition) is 3. The molecule has 0 N–H and O–H groups in total. The Morgan fingerprint density at radius 2 is 2.00 bits per heavy atom. The van der Waals surface area contributed by atoms with Crippen molar-refractivity contribution in [2.75, 3.05) is 11.4 Å². The highest BCUT2D eigenvalue weighted by Crippen LogP contribution is 2.40. The van der Waals surface area contributed by atoms with Crippen molar-refractivity contribution in [3.05, 3.63) is 33.5 Å². The van der Waals surface area contributed by atoms with Crippen LogP contribution >= 0.6 is 11.6 Å². The van der Waals surface area contributed by atoms with E-state index >= 15 is 0 Å². The van der Waals surface area contributed by atoms with Gasteiger partial charge in [0.15, 0.2) is 6.10 Å². The number of aromatic nitrogens is 2. The lowest BCUT2D eigenvalue weighted by Gasteiger charge is -2.33. The third kappa shape index (κ3) is 2.71. The molecule has 146 valence electrons. The van der Waals surface area contributed by atoms with Gasteiger partial charge in [0.25, 0.3) is 11.5 Å². The van der Waals surface area contributed by atoms with E-state index in [1.54, 1.807) is 11.6 Å². The maximum Gasteiger partial charge on any atom is 0.276 e. The average molecular weight is 404 g/mol. The number of carbonyl (C=O) groups is 1. The van der Waals surface area contributed by atoms with Crippen molar-refractivity contribution in [3.8, 4) is 29.2 Å². The van der Waals surface area contributed by atoms with Crippen molar-refractivity contribution >= 4 is 23.2 Å². The first kappa shape index (κ1) is 18.6. The minimum atomic E-state index is -0.720. The van der Waals surface area contributed by atoms with Crippen molar-refractivity contribution in [2.45, 2.75) is 45.4 Å². The van der Waals surface area contributed by atoms with Gasteiger partial charge < -0.3 is 4.74 Å². The van der Waals surface area contributed by atoms with Crippen LogP contribution in [0.2, 0.25) is 5.15 Å². The number of ether oxygens (including phenoxy) is 1. The molecule has 0 spiro atoms. The van der Waals surface area contributed by atoms with Gasteiger partial charge in [-0.25, -0.2) is 9.07 Å². The van der Waals surface area contributed by atoms with Gasteiger partial charge in [0.2, 0.25) is 0 Å². The van der Waals surface area contributed by atoms with Crippen LogP contribution in [0.3, 0.4) is 0 Å². The molecule has 1 aromatic carbocycles. The van der Waals surface area contributed by atoms with Crippen LogP contribution in [0.5, 0.6) is 5.75 Å². The van der Waals surface area contributed by atoms with Gasteiger partial charge >= 0.3 is 0 Å². The van der Waals surface area contributed by atoms with Crippen LogP contribution in [0.1, 0.15) is 26.2 Å². The second-order valence-electron chi connectivity index (χ2n) is 6.87. The third-order valence-electron chi connectivity index (χ3n) is 5.20. The van der Waals surface area contributed by atoms with Gasteiger partial charge in [-0.1, -0.05) is 24.4 Å². The molecular weight excluding hydrogens is 385 g/mol. The number of nitrogens with zero attached hydrogens (tertiary/aromatic N) is 3. The minimum absolute atomic E-state index is 0.0236. The molecule has 0 radical (unpaired) electrons. The molecule has 0 saturated heterocycles. The quantitative estimate of drug-likeness (QED) is 0.740. The van der Waals surface area contributed by atoms with Crippen molar-refractivity contribution in [1.82, 2.24) is 9.36 Å². The van der Waals surface area contributed by atoms with Crippen molar-refractivity contribution in [3.63, 3.8) is 0 Å². The predicted molar refractivity (Wildman–Crippen MR) is 104 cm³/mol. The summed E-state index contributed by atoms with van der Waals surface area (Å²) in [7, 11) is 0. The maximum absolute atomic E-state index is 15.0. The number of rotatable bonds is 3. The Kier molecular flexibility index (Phi) is 4.68. The Morgan fingerprint density at radius 3 is 2.64 bits per heavy atom. The van der Waals surface area contributed by atoms with Gasteiger partial charge in [0, 0.05) is 24.7 Å². The molecule has 28 heavy (non-hydrogen) atoms. The van der Waals surface area contributed by atoms with Crippen LogP contribution < -0.4 is 15.2 Å². The molecule has 6 nitrogen and oxygen atoms in total. The average Bonchev–Trinajstić information content (AvgIpc) is 2.95. The van der Waals surface area contributed by atoms with Crippen LogP contribution in [-0.4, -0.2) is 27.9 Å². The van der Waals surface area contributed by atoms with Crippen LogP contribution in [0.4, 0.5) is 10.1 Å². The van der Waals surface area contributed by atoms with Crippen LogP contribution in [0.25, 0.3) is 11.1 Å². The Labute approximate surface area is 166 Å². The Balaban J connectivity index is 1.91. The molecule has 3 heterocycles. The standard InChI is InChI=1S/C20H19ClFN3O3/c1-3-7-23-14-10-12(13(22)11-16(14)28-15(4-2)19(23)26)17-18(21)24-8-5-6-9-25(24)20(17)27/h1,10-11,15H,4-9H2,2H3. The van der Waals surface area contributed by atoms with E-state index in [2.05, 4.69) is 5.92 Å². The molecule has 4 rings (SSSR count). The fourth-order valence-corrected chi connectivity index (χ4v) is 4.16. The van der Waals surface area contributed by atoms with E-state index in [4.69, 9.17) is 22.8 Å². The van der Waals surface area contributed by atoms with Crippen LogP contribution in [-0.2, 0) is 17.9 Å². The fraction of sp³-hybridized carbons (Fsp3) is 0.400. The zero-order valence-corrected chi connectivity index (χ0v) is 16.1. The number of anilines is 1. The van der Waals surface area contributed by atoms with E-state index in [0.717, 1.165) is 12.8 Å². The number of terminal acetylenes is 1. The third-order valence-corrected chi connectivity index (χ3v) is 5.59. The molecule has 2 aliphatic heterocycles. The molecule has 2 aliphatic rings. The summed E-state index contributed by atoms with van der Waals surface area (Å²) in [6, 6.07) is 2.63. The van der Waals surface area contributed by atoms with Crippen molar-refractivity contribution < 1.29 is 13.9 Å². The summed E-state index contributed by atoms with van der Waals surface area (Å²) in [5.74, 6) is 1.75. The largest absolute Gasteiger partial charge is 0.478 e. The van der Waals surface area contributed by atoms with Crippen LogP contribution in [0, 0.1) is 18.2 Å². The van der Waals surface area contributed by atoms with E-state index in [0.29, 0.717) is 25.2 Å². The summed E-state index contributed by atoms with van der Waals surface area (Å²) >= 11 is 6.44. The lowest BCUT2D eigenvalue weighted by Crippen LogP contribution is -2.45. The number of fused-ring (bicyclic) bond motifs is 2. The first-order valence-electron chi connectivity index (χ1n) is 9.22. The molecule has 0 fully saturated rings. The van der Waals surface area contributed by atoms with E-state index in [9.17, 15) is 14.0 Å². The monoisotopic (exact) mass is 403 g/mol. The van der Waals surface area contributed by atoms with E-state index in [1.165, 1.54) is 21.7 Å². The lowest BCUT2D eigenvalue weighted by molar-refractivity contribution is -0.126. The zero-order chi connectivity index (χ0) is 20.0. The highest BCUT2D eigenvalue weighted by molar-refractivity contribution is 6.32. The molecule has 1 atom stereocenters. The molecule has 1 amide bonds. The molecule has 0 saturated carbocycles. The Bertz CT molecular complexity index is 1070. The SMILES string of the molecule is C#CCN1C(=O)C(CC)Oc2cc(F)c(-c3c(Cl)n4n(c3=O)CCCC4)cc21. The molecule has 0 aliphatic carbocycles. The summed E-state index contributed by atoms with van der Waals surface area (Å²) < 4.78 is 23.9. The van der Waals surface area contributed by atoms with Crippen molar-refractivity contribution in [2.24, 2.45) is 0 Å².